The minimum absolute atomic E-state index is 0.535. The molecule has 2 rings (SSSR count). The van der Waals surface area contributed by atoms with Gasteiger partial charge < -0.3 is 0 Å². The summed E-state index contributed by atoms with van der Waals surface area (Å²) in [6, 6.07) is 5.87. The Bertz CT molecular complexity index is 371. The molecule has 1 aromatic carbocycles. The van der Waals surface area contributed by atoms with Gasteiger partial charge in [0.25, 0.3) is 0 Å². The van der Waals surface area contributed by atoms with Crippen LogP contribution >= 0.6 is 23.3 Å². The second-order valence-corrected chi connectivity index (χ2v) is 3.02. The molecule has 0 fully saturated rings. The van der Waals surface area contributed by atoms with E-state index in [9.17, 15) is 0 Å². The summed E-state index contributed by atoms with van der Waals surface area (Å²) < 4.78 is 8.18. The minimum Gasteiger partial charge on any atom is -0.173 e. The van der Waals surface area contributed by atoms with Crippen LogP contribution in [0, 0.1) is 0 Å². The van der Waals surface area contributed by atoms with Crippen LogP contribution in [0.25, 0.3) is 11.0 Å². The first-order valence-corrected chi connectivity index (χ1v) is 4.44. The van der Waals surface area contributed by atoms with Gasteiger partial charge in [-0.05, 0) is 17.7 Å². The fourth-order valence-electron chi connectivity index (χ4n) is 0.911. The fourth-order valence-corrected chi connectivity index (χ4v) is 1.59. The molecule has 0 aliphatic heterocycles. The van der Waals surface area contributed by atoms with Crippen LogP contribution in [0.2, 0.25) is 0 Å². The molecule has 0 amide bonds. The Balaban J connectivity index is 2.67. The van der Waals surface area contributed by atoms with Crippen LogP contribution in [0.5, 0.6) is 0 Å². The first-order valence-electron chi connectivity index (χ1n) is 3.17. The second kappa shape index (κ2) is 2.75. The molecule has 2 nitrogen and oxygen atoms in total. The standard InChI is InChI=1S/C7H5ClN2S/c8-4-5-1-2-6-7(3-5)10-11-9-6/h1-3H,4H2. The van der Waals surface area contributed by atoms with E-state index in [2.05, 4.69) is 8.75 Å². The lowest BCUT2D eigenvalue weighted by Crippen LogP contribution is -1.76. The summed E-state index contributed by atoms with van der Waals surface area (Å²) in [5.41, 5.74) is 2.98. The van der Waals surface area contributed by atoms with E-state index in [-0.39, 0.29) is 0 Å². The summed E-state index contributed by atoms with van der Waals surface area (Å²) in [7, 11) is 0. The van der Waals surface area contributed by atoms with Crippen molar-refractivity contribution in [2.45, 2.75) is 5.88 Å². The largest absolute Gasteiger partial charge is 0.173 e. The van der Waals surface area contributed by atoms with Gasteiger partial charge in [-0.25, -0.2) is 0 Å². The Labute approximate surface area is 73.1 Å². The molecule has 0 unspecified atom stereocenters. The van der Waals surface area contributed by atoms with Crippen LogP contribution in [0.1, 0.15) is 5.56 Å². The van der Waals surface area contributed by atoms with Crippen LogP contribution in [0.3, 0.4) is 0 Å². The van der Waals surface area contributed by atoms with Gasteiger partial charge in [0.2, 0.25) is 0 Å². The maximum atomic E-state index is 5.65. The van der Waals surface area contributed by atoms with E-state index >= 15 is 0 Å². The van der Waals surface area contributed by atoms with E-state index < -0.39 is 0 Å². The Hall–Kier alpha value is -0.670. The topological polar surface area (TPSA) is 25.8 Å². The number of alkyl halides is 1. The van der Waals surface area contributed by atoms with Gasteiger partial charge in [-0.1, -0.05) is 6.07 Å². The van der Waals surface area contributed by atoms with Crippen molar-refractivity contribution in [2.75, 3.05) is 0 Å². The zero-order chi connectivity index (χ0) is 7.68. The van der Waals surface area contributed by atoms with Gasteiger partial charge in [0.05, 0.1) is 11.7 Å². The zero-order valence-electron chi connectivity index (χ0n) is 5.62. The highest BCUT2D eigenvalue weighted by Crippen LogP contribution is 2.14. The maximum Gasteiger partial charge on any atom is 0.105 e. The Morgan fingerprint density at radius 3 is 2.91 bits per heavy atom. The average molecular weight is 185 g/mol. The summed E-state index contributed by atoms with van der Waals surface area (Å²) in [5, 5.41) is 0. The highest BCUT2D eigenvalue weighted by Gasteiger charge is 1.97. The van der Waals surface area contributed by atoms with Crippen LogP contribution in [-0.4, -0.2) is 8.75 Å². The van der Waals surface area contributed by atoms with Crippen LogP contribution in [0.4, 0.5) is 0 Å². The first-order chi connectivity index (χ1) is 5.40. The van der Waals surface area contributed by atoms with Crippen LogP contribution < -0.4 is 0 Å². The Morgan fingerprint density at radius 1 is 1.27 bits per heavy atom. The van der Waals surface area contributed by atoms with Crippen molar-refractivity contribution < 1.29 is 0 Å². The highest BCUT2D eigenvalue weighted by atomic mass is 35.5. The van der Waals surface area contributed by atoms with Gasteiger partial charge in [-0.3, -0.25) is 0 Å². The van der Waals surface area contributed by atoms with Crippen molar-refractivity contribution >= 4 is 34.4 Å². The van der Waals surface area contributed by atoms with E-state index in [1.165, 1.54) is 11.7 Å². The van der Waals surface area contributed by atoms with Crippen LogP contribution in [0.15, 0.2) is 18.2 Å². The third-order valence-corrected chi connectivity index (χ3v) is 2.34. The number of halogens is 1. The molecule has 56 valence electrons. The van der Waals surface area contributed by atoms with Crippen molar-refractivity contribution in [1.82, 2.24) is 8.75 Å². The number of aromatic nitrogens is 2. The number of benzene rings is 1. The van der Waals surface area contributed by atoms with Crippen molar-refractivity contribution in [3.63, 3.8) is 0 Å². The third kappa shape index (κ3) is 1.21. The first kappa shape index (κ1) is 7.00. The molecule has 11 heavy (non-hydrogen) atoms. The quantitative estimate of drug-likeness (QED) is 0.637. The van der Waals surface area contributed by atoms with Gasteiger partial charge in [0.1, 0.15) is 11.0 Å². The molecule has 0 spiro atoms. The molecule has 0 bridgehead atoms. The average Bonchev–Trinajstić information content (AvgIpc) is 2.50. The van der Waals surface area contributed by atoms with Gasteiger partial charge >= 0.3 is 0 Å². The predicted octanol–water partition coefficient (Wildman–Crippen LogP) is 2.43. The predicted molar refractivity (Wildman–Crippen MR) is 47.0 cm³/mol. The third-order valence-electron chi connectivity index (χ3n) is 1.47. The van der Waals surface area contributed by atoms with E-state index in [0.29, 0.717) is 5.88 Å². The summed E-state index contributed by atoms with van der Waals surface area (Å²) in [6.45, 7) is 0. The van der Waals surface area contributed by atoms with E-state index in [1.54, 1.807) is 0 Å². The van der Waals surface area contributed by atoms with Crippen molar-refractivity contribution in [3.8, 4) is 0 Å². The highest BCUT2D eigenvalue weighted by molar-refractivity contribution is 7.00. The van der Waals surface area contributed by atoms with Crippen molar-refractivity contribution in [2.24, 2.45) is 0 Å². The molecular weight excluding hydrogens is 180 g/mol. The van der Waals surface area contributed by atoms with Crippen LogP contribution in [-0.2, 0) is 5.88 Å². The lowest BCUT2D eigenvalue weighted by atomic mass is 10.2. The molecule has 0 N–H and O–H groups in total. The minimum atomic E-state index is 0.535. The molecule has 0 atom stereocenters. The van der Waals surface area contributed by atoms with E-state index in [1.807, 2.05) is 18.2 Å². The number of fused-ring (bicyclic) bond motifs is 1. The smallest absolute Gasteiger partial charge is 0.105 e. The SMILES string of the molecule is ClCc1ccc2nsnc2c1. The number of rotatable bonds is 1. The van der Waals surface area contributed by atoms with Crippen molar-refractivity contribution in [3.05, 3.63) is 23.8 Å². The Kier molecular flexibility index (Phi) is 1.75. The van der Waals surface area contributed by atoms with Gasteiger partial charge in [-0.2, -0.15) is 8.75 Å². The number of hydrogen-bond donors (Lipinski definition) is 0. The summed E-state index contributed by atoms with van der Waals surface area (Å²) in [5.74, 6) is 0.535. The van der Waals surface area contributed by atoms with Gasteiger partial charge in [0.15, 0.2) is 0 Å². The molecule has 0 radical (unpaired) electrons. The number of hydrogen-bond acceptors (Lipinski definition) is 3. The van der Waals surface area contributed by atoms with Gasteiger partial charge in [-0.15, -0.1) is 11.6 Å². The summed E-state index contributed by atoms with van der Waals surface area (Å²) in [6.07, 6.45) is 0. The lowest BCUT2D eigenvalue weighted by molar-refractivity contribution is 1.41. The summed E-state index contributed by atoms with van der Waals surface area (Å²) >= 11 is 6.88. The normalized spacial score (nSPS) is 10.6. The number of nitrogens with zero attached hydrogens (tertiary/aromatic N) is 2. The molecule has 4 heteroatoms. The van der Waals surface area contributed by atoms with Gasteiger partial charge in [0, 0.05) is 5.88 Å². The summed E-state index contributed by atoms with van der Waals surface area (Å²) in [4.78, 5) is 0. The lowest BCUT2D eigenvalue weighted by Gasteiger charge is -1.91. The molecular formula is C7H5ClN2S. The fraction of sp³-hybridized carbons (Fsp3) is 0.143. The molecule has 0 aliphatic rings. The zero-order valence-corrected chi connectivity index (χ0v) is 7.19. The van der Waals surface area contributed by atoms with Crippen molar-refractivity contribution in [1.29, 1.82) is 0 Å². The molecule has 0 saturated carbocycles. The maximum absolute atomic E-state index is 5.65. The van der Waals surface area contributed by atoms with E-state index in [4.69, 9.17) is 11.6 Å². The second-order valence-electron chi connectivity index (χ2n) is 2.22. The molecule has 1 aromatic heterocycles. The molecule has 2 aromatic rings. The molecule has 1 heterocycles. The van der Waals surface area contributed by atoms with E-state index in [0.717, 1.165) is 16.6 Å². The monoisotopic (exact) mass is 184 g/mol. The molecule has 0 saturated heterocycles. The Morgan fingerprint density at radius 2 is 2.09 bits per heavy atom. The molecule has 0 aliphatic carbocycles.